The lowest BCUT2D eigenvalue weighted by Crippen LogP contribution is -2.38. The first-order valence-corrected chi connectivity index (χ1v) is 8.46. The predicted octanol–water partition coefficient (Wildman–Crippen LogP) is 2.11. The molecule has 0 aliphatic rings. The lowest BCUT2D eigenvalue weighted by molar-refractivity contribution is -0.141. The van der Waals surface area contributed by atoms with Crippen molar-refractivity contribution in [2.75, 3.05) is 13.7 Å². The zero-order chi connectivity index (χ0) is 19.5. The van der Waals surface area contributed by atoms with E-state index >= 15 is 0 Å². The minimum absolute atomic E-state index is 0.00912. The minimum atomic E-state index is -0.417. The summed E-state index contributed by atoms with van der Waals surface area (Å²) in [4.78, 5) is 23.2. The second-order valence-corrected chi connectivity index (χ2v) is 6.26. The van der Waals surface area contributed by atoms with Crippen molar-refractivity contribution in [3.8, 4) is 5.75 Å². The molecule has 0 unspecified atom stereocenters. The number of phenols is 1. The second-order valence-electron chi connectivity index (χ2n) is 6.26. The zero-order valence-electron chi connectivity index (χ0n) is 15.4. The molecular formula is C20H27NO5. The molecule has 142 valence electrons. The fraction of sp³-hybridized carbons (Fsp3) is 0.400. The summed E-state index contributed by atoms with van der Waals surface area (Å²) >= 11 is 0. The number of aromatic hydroxyl groups is 1. The molecule has 0 radical (unpaired) electrons. The van der Waals surface area contributed by atoms with Crippen LogP contribution in [0.5, 0.6) is 5.75 Å². The van der Waals surface area contributed by atoms with Crippen LogP contribution in [0.2, 0.25) is 0 Å². The molecule has 1 aromatic rings. The van der Waals surface area contributed by atoms with E-state index in [0.717, 1.165) is 11.1 Å². The van der Waals surface area contributed by atoms with Crippen LogP contribution in [-0.2, 0) is 20.7 Å². The lowest BCUT2D eigenvalue weighted by atomic mass is 10.0. The third-order valence-electron chi connectivity index (χ3n) is 3.75. The molecule has 0 bridgehead atoms. The highest BCUT2D eigenvalue weighted by Gasteiger charge is 2.11. The molecule has 0 aliphatic heterocycles. The van der Waals surface area contributed by atoms with E-state index in [2.05, 4.69) is 10.1 Å². The average molecular weight is 361 g/mol. The maximum atomic E-state index is 12.0. The highest BCUT2D eigenvalue weighted by molar-refractivity contribution is 5.88. The quantitative estimate of drug-likeness (QED) is 0.356. The van der Waals surface area contributed by atoms with Gasteiger partial charge in [-0.15, -0.1) is 0 Å². The van der Waals surface area contributed by atoms with Gasteiger partial charge in [-0.2, -0.15) is 0 Å². The molecule has 0 aliphatic carbocycles. The van der Waals surface area contributed by atoms with Crippen LogP contribution in [0.1, 0.15) is 25.8 Å². The molecule has 0 spiro atoms. The number of methoxy groups -OCH3 is 1. The Balaban J connectivity index is 2.55. The van der Waals surface area contributed by atoms with Crippen LogP contribution in [0, 0.1) is 5.92 Å². The Morgan fingerprint density at radius 3 is 2.46 bits per heavy atom. The van der Waals surface area contributed by atoms with Crippen LogP contribution < -0.4 is 5.32 Å². The smallest absolute Gasteiger partial charge is 0.306 e. The van der Waals surface area contributed by atoms with Crippen molar-refractivity contribution in [3.05, 3.63) is 53.6 Å². The van der Waals surface area contributed by atoms with Crippen molar-refractivity contribution >= 4 is 11.9 Å². The molecule has 0 fully saturated rings. The number of hydrogen-bond donors (Lipinski definition) is 3. The Morgan fingerprint density at radius 2 is 1.88 bits per heavy atom. The molecule has 6 heteroatoms. The number of aliphatic hydroxyl groups excluding tert-OH is 1. The summed E-state index contributed by atoms with van der Waals surface area (Å²) in [5.74, 6) is -0.403. The van der Waals surface area contributed by atoms with Gasteiger partial charge < -0.3 is 20.3 Å². The number of benzene rings is 1. The summed E-state index contributed by atoms with van der Waals surface area (Å²) in [5.41, 5.74) is 1.76. The van der Waals surface area contributed by atoms with Gasteiger partial charge in [0.1, 0.15) is 5.75 Å². The van der Waals surface area contributed by atoms with Gasteiger partial charge in [-0.05, 0) is 37.0 Å². The Kier molecular flexibility index (Phi) is 9.15. The van der Waals surface area contributed by atoms with Crippen LogP contribution >= 0.6 is 0 Å². The van der Waals surface area contributed by atoms with E-state index in [9.17, 15) is 19.8 Å². The Hall–Kier alpha value is -2.60. The maximum absolute atomic E-state index is 12.0. The highest BCUT2D eigenvalue weighted by atomic mass is 16.5. The van der Waals surface area contributed by atoms with E-state index in [1.165, 1.54) is 13.2 Å². The van der Waals surface area contributed by atoms with Crippen molar-refractivity contribution in [1.82, 2.24) is 5.32 Å². The maximum Gasteiger partial charge on any atom is 0.306 e. The number of allylic oxidation sites excluding steroid dienone is 3. The van der Waals surface area contributed by atoms with Crippen LogP contribution in [0.4, 0.5) is 0 Å². The van der Waals surface area contributed by atoms with E-state index in [-0.39, 0.29) is 36.6 Å². The number of carbonyl (C=O) groups excluding carboxylic acids is 2. The zero-order valence-corrected chi connectivity index (χ0v) is 15.4. The largest absolute Gasteiger partial charge is 0.508 e. The van der Waals surface area contributed by atoms with Gasteiger partial charge in [0.15, 0.2) is 0 Å². The van der Waals surface area contributed by atoms with Crippen LogP contribution in [-0.4, -0.2) is 41.8 Å². The summed E-state index contributed by atoms with van der Waals surface area (Å²) < 4.78 is 4.62. The number of rotatable bonds is 9. The molecule has 0 saturated carbocycles. The fourth-order valence-electron chi connectivity index (χ4n) is 2.44. The van der Waals surface area contributed by atoms with Gasteiger partial charge in [0.25, 0.3) is 0 Å². The van der Waals surface area contributed by atoms with Gasteiger partial charge in [0.05, 0.1) is 26.2 Å². The van der Waals surface area contributed by atoms with E-state index in [0.29, 0.717) is 6.42 Å². The first-order valence-electron chi connectivity index (χ1n) is 8.46. The summed E-state index contributed by atoms with van der Waals surface area (Å²) in [6.45, 7) is 3.55. The summed E-state index contributed by atoms with van der Waals surface area (Å²) in [6, 6.07) is 6.20. The Morgan fingerprint density at radius 1 is 1.23 bits per heavy atom. The van der Waals surface area contributed by atoms with E-state index in [1.54, 1.807) is 30.3 Å². The molecule has 6 nitrogen and oxygen atoms in total. The van der Waals surface area contributed by atoms with Gasteiger partial charge in [-0.3, -0.25) is 9.59 Å². The topological polar surface area (TPSA) is 95.9 Å². The molecule has 2 atom stereocenters. The van der Waals surface area contributed by atoms with E-state index in [1.807, 2.05) is 19.9 Å². The lowest BCUT2D eigenvalue weighted by Gasteiger charge is -2.15. The Labute approximate surface area is 154 Å². The van der Waals surface area contributed by atoms with Crippen molar-refractivity contribution in [2.24, 2.45) is 5.92 Å². The first kappa shape index (κ1) is 21.4. The standard InChI is InChI=1S/C20H27NO5/c1-14(10-15(2)11-20(25)26-3)4-9-19(24)21-17(13-22)12-16-5-7-18(23)8-6-16/h4-10,15,17,22-23H,11-13H2,1-3H3,(H,21,24)/b9-4+,14-10+/t15-,17-/m0/s1. The number of carbonyl (C=O) groups is 2. The average Bonchev–Trinajstić information content (AvgIpc) is 2.60. The van der Waals surface area contributed by atoms with Crippen molar-refractivity contribution < 1.29 is 24.5 Å². The number of phenolic OH excluding ortho intramolecular Hbond substituents is 1. The van der Waals surface area contributed by atoms with Crippen LogP contribution in [0.25, 0.3) is 0 Å². The van der Waals surface area contributed by atoms with Crippen molar-refractivity contribution in [3.63, 3.8) is 0 Å². The molecular weight excluding hydrogens is 334 g/mol. The summed E-state index contributed by atoms with van der Waals surface area (Å²) in [5, 5.41) is 21.5. The molecule has 26 heavy (non-hydrogen) atoms. The Bertz CT molecular complexity index is 649. The number of nitrogens with one attached hydrogen (secondary N) is 1. The third-order valence-corrected chi connectivity index (χ3v) is 3.75. The first-order chi connectivity index (χ1) is 12.3. The van der Waals surface area contributed by atoms with E-state index < -0.39 is 6.04 Å². The number of aliphatic hydroxyl groups is 1. The SMILES string of the molecule is COC(=O)C[C@@H](C)/C=C(C)/C=C/C(=O)N[C@H](CO)Cc1ccc(O)cc1. The van der Waals surface area contributed by atoms with Crippen LogP contribution in [0.3, 0.4) is 0 Å². The molecule has 1 amide bonds. The molecule has 1 aromatic carbocycles. The molecule has 3 N–H and O–H groups in total. The van der Waals surface area contributed by atoms with Gasteiger partial charge in [-0.1, -0.05) is 36.8 Å². The summed E-state index contributed by atoms with van der Waals surface area (Å²) in [6.07, 6.45) is 5.70. The second kappa shape index (κ2) is 11.1. The minimum Gasteiger partial charge on any atom is -0.508 e. The third kappa shape index (κ3) is 8.48. The van der Waals surface area contributed by atoms with Crippen molar-refractivity contribution in [1.29, 1.82) is 0 Å². The number of amides is 1. The van der Waals surface area contributed by atoms with Crippen molar-refractivity contribution in [2.45, 2.75) is 32.7 Å². The summed E-state index contributed by atoms with van der Waals surface area (Å²) in [7, 11) is 1.35. The number of esters is 1. The van der Waals surface area contributed by atoms with Gasteiger partial charge in [0, 0.05) is 6.08 Å². The van der Waals surface area contributed by atoms with Gasteiger partial charge in [0.2, 0.25) is 5.91 Å². The van der Waals surface area contributed by atoms with E-state index in [4.69, 9.17) is 0 Å². The molecule has 0 saturated heterocycles. The molecule has 0 heterocycles. The highest BCUT2D eigenvalue weighted by Crippen LogP contribution is 2.12. The van der Waals surface area contributed by atoms with Gasteiger partial charge in [-0.25, -0.2) is 0 Å². The predicted molar refractivity (Wildman–Crippen MR) is 99.5 cm³/mol. The van der Waals surface area contributed by atoms with Gasteiger partial charge >= 0.3 is 5.97 Å². The fourth-order valence-corrected chi connectivity index (χ4v) is 2.44. The van der Waals surface area contributed by atoms with Crippen LogP contribution in [0.15, 0.2) is 48.1 Å². The normalized spacial score (nSPS) is 14.1. The monoisotopic (exact) mass is 361 g/mol. The molecule has 1 rings (SSSR count). The number of hydrogen-bond acceptors (Lipinski definition) is 5. The molecule has 0 aromatic heterocycles. The number of ether oxygens (including phenoxy) is 1.